The standard InChI is InChI=1S/C22H27NO3/c1-17-15-23(3)18(2)14-22(17,19-10-6-4-7-11-19)26-21(24)16-25-20-12-8-5-9-13-20/h4-13,17-18H,14-16H2,1-3H3/t17-,18-,22+/m1/s1. The van der Waals surface area contributed by atoms with Crippen molar-refractivity contribution in [2.24, 2.45) is 5.92 Å². The number of likely N-dealkylation sites (tertiary alicyclic amines) is 1. The van der Waals surface area contributed by atoms with Crippen LogP contribution >= 0.6 is 0 Å². The lowest BCUT2D eigenvalue weighted by Crippen LogP contribution is -2.54. The number of ether oxygens (including phenoxy) is 2. The van der Waals surface area contributed by atoms with Gasteiger partial charge in [0.2, 0.25) is 0 Å². The van der Waals surface area contributed by atoms with Crippen molar-refractivity contribution >= 4 is 5.97 Å². The Hall–Kier alpha value is -2.33. The number of hydrogen-bond acceptors (Lipinski definition) is 4. The molecule has 4 heteroatoms. The molecule has 138 valence electrons. The second-order valence-electron chi connectivity index (χ2n) is 7.23. The van der Waals surface area contributed by atoms with Gasteiger partial charge in [-0.05, 0) is 31.7 Å². The molecule has 0 bridgehead atoms. The number of para-hydroxylation sites is 1. The maximum atomic E-state index is 12.6. The monoisotopic (exact) mass is 353 g/mol. The molecule has 0 saturated carbocycles. The van der Waals surface area contributed by atoms with E-state index in [2.05, 4.69) is 37.9 Å². The van der Waals surface area contributed by atoms with Gasteiger partial charge >= 0.3 is 5.97 Å². The van der Waals surface area contributed by atoms with E-state index in [0.29, 0.717) is 11.8 Å². The number of benzene rings is 2. The van der Waals surface area contributed by atoms with E-state index in [9.17, 15) is 4.79 Å². The van der Waals surface area contributed by atoms with Gasteiger partial charge in [0.05, 0.1) is 0 Å². The summed E-state index contributed by atoms with van der Waals surface area (Å²) in [6, 6.07) is 19.8. The predicted octanol–water partition coefficient (Wildman–Crippen LogP) is 3.86. The molecule has 2 aromatic rings. The van der Waals surface area contributed by atoms with E-state index in [1.165, 1.54) is 0 Å². The molecule has 26 heavy (non-hydrogen) atoms. The lowest BCUT2D eigenvalue weighted by Gasteiger charge is -2.48. The van der Waals surface area contributed by atoms with Gasteiger partial charge in [0, 0.05) is 24.9 Å². The zero-order valence-electron chi connectivity index (χ0n) is 15.7. The van der Waals surface area contributed by atoms with Crippen LogP contribution in [0.4, 0.5) is 0 Å². The van der Waals surface area contributed by atoms with Crippen LogP contribution in [0.5, 0.6) is 5.75 Å². The smallest absolute Gasteiger partial charge is 0.345 e. The molecule has 2 aromatic carbocycles. The third-order valence-corrected chi connectivity index (χ3v) is 5.37. The van der Waals surface area contributed by atoms with Crippen LogP contribution < -0.4 is 4.74 Å². The number of carbonyl (C=O) groups is 1. The van der Waals surface area contributed by atoms with Gasteiger partial charge in [-0.1, -0.05) is 55.5 Å². The summed E-state index contributed by atoms with van der Waals surface area (Å²) in [4.78, 5) is 15.0. The van der Waals surface area contributed by atoms with E-state index in [1.807, 2.05) is 48.5 Å². The second kappa shape index (κ2) is 7.92. The second-order valence-corrected chi connectivity index (χ2v) is 7.23. The summed E-state index contributed by atoms with van der Waals surface area (Å²) in [5.74, 6) is 0.524. The Kier molecular flexibility index (Phi) is 5.62. The first-order valence-corrected chi connectivity index (χ1v) is 9.17. The van der Waals surface area contributed by atoms with Gasteiger partial charge < -0.3 is 14.4 Å². The predicted molar refractivity (Wildman–Crippen MR) is 102 cm³/mol. The van der Waals surface area contributed by atoms with E-state index in [0.717, 1.165) is 18.5 Å². The van der Waals surface area contributed by atoms with Crippen LogP contribution in [-0.4, -0.2) is 37.1 Å². The molecule has 0 N–H and O–H groups in total. The van der Waals surface area contributed by atoms with E-state index in [4.69, 9.17) is 9.47 Å². The van der Waals surface area contributed by atoms with Crippen LogP contribution in [-0.2, 0) is 15.1 Å². The molecule has 0 amide bonds. The van der Waals surface area contributed by atoms with Gasteiger partial charge in [0.1, 0.15) is 11.4 Å². The molecule has 1 fully saturated rings. The SMILES string of the molecule is C[C@@H]1C[C@@](OC(=O)COc2ccccc2)(c2ccccc2)[C@H](C)CN1C. The number of piperidine rings is 1. The van der Waals surface area contributed by atoms with Crippen molar-refractivity contribution in [1.29, 1.82) is 0 Å². The number of nitrogens with zero attached hydrogens (tertiary/aromatic N) is 1. The van der Waals surface area contributed by atoms with Crippen LogP contribution in [0, 0.1) is 5.92 Å². The fourth-order valence-corrected chi connectivity index (χ4v) is 3.77. The molecular formula is C22H27NO3. The van der Waals surface area contributed by atoms with Crippen molar-refractivity contribution in [1.82, 2.24) is 4.90 Å². The van der Waals surface area contributed by atoms with Crippen LogP contribution in [0.15, 0.2) is 60.7 Å². The largest absolute Gasteiger partial charge is 0.482 e. The maximum absolute atomic E-state index is 12.6. The lowest BCUT2D eigenvalue weighted by molar-refractivity contribution is -0.180. The van der Waals surface area contributed by atoms with Crippen LogP contribution in [0.2, 0.25) is 0 Å². The summed E-state index contributed by atoms with van der Waals surface area (Å²) in [6.45, 7) is 5.12. The third kappa shape index (κ3) is 3.91. The molecule has 0 unspecified atom stereocenters. The van der Waals surface area contributed by atoms with Gasteiger partial charge in [-0.3, -0.25) is 0 Å². The average molecular weight is 353 g/mol. The molecule has 0 radical (unpaired) electrons. The molecule has 1 aliphatic rings. The van der Waals surface area contributed by atoms with Crippen molar-refractivity contribution in [3.05, 3.63) is 66.2 Å². The Morgan fingerprint density at radius 3 is 2.35 bits per heavy atom. The Bertz CT molecular complexity index is 719. The summed E-state index contributed by atoms with van der Waals surface area (Å²) in [6.07, 6.45) is 0.770. The lowest BCUT2D eigenvalue weighted by atomic mass is 9.74. The molecule has 3 rings (SSSR count). The van der Waals surface area contributed by atoms with Crippen LogP contribution in [0.25, 0.3) is 0 Å². The summed E-state index contributed by atoms with van der Waals surface area (Å²) in [7, 11) is 2.12. The van der Waals surface area contributed by atoms with Crippen molar-refractivity contribution < 1.29 is 14.3 Å². The van der Waals surface area contributed by atoms with Gasteiger partial charge in [-0.2, -0.15) is 0 Å². The van der Waals surface area contributed by atoms with Gasteiger partial charge in [0.25, 0.3) is 0 Å². The van der Waals surface area contributed by atoms with E-state index < -0.39 is 5.60 Å². The van der Waals surface area contributed by atoms with E-state index in [-0.39, 0.29) is 18.5 Å². The van der Waals surface area contributed by atoms with Crippen molar-refractivity contribution in [2.45, 2.75) is 31.9 Å². The van der Waals surface area contributed by atoms with Crippen LogP contribution in [0.3, 0.4) is 0 Å². The highest BCUT2D eigenvalue weighted by Crippen LogP contribution is 2.42. The summed E-state index contributed by atoms with van der Waals surface area (Å²) < 4.78 is 11.7. The van der Waals surface area contributed by atoms with Crippen molar-refractivity contribution in [3.8, 4) is 5.75 Å². The summed E-state index contributed by atoms with van der Waals surface area (Å²) in [5, 5.41) is 0. The fraction of sp³-hybridized carbons (Fsp3) is 0.409. The normalized spacial score (nSPS) is 26.3. The first-order valence-electron chi connectivity index (χ1n) is 9.17. The Labute approximate surface area is 155 Å². The topological polar surface area (TPSA) is 38.8 Å². The van der Waals surface area contributed by atoms with Gasteiger partial charge in [-0.25, -0.2) is 4.79 Å². The minimum atomic E-state index is -0.621. The summed E-state index contributed by atoms with van der Waals surface area (Å²) >= 11 is 0. The highest BCUT2D eigenvalue weighted by atomic mass is 16.6. The first kappa shape index (κ1) is 18.5. The molecule has 1 heterocycles. The highest BCUT2D eigenvalue weighted by Gasteiger charge is 2.47. The third-order valence-electron chi connectivity index (χ3n) is 5.37. The fourth-order valence-electron chi connectivity index (χ4n) is 3.77. The summed E-state index contributed by atoms with van der Waals surface area (Å²) in [5.41, 5.74) is 0.435. The van der Waals surface area contributed by atoms with Crippen LogP contribution in [0.1, 0.15) is 25.8 Å². The number of esters is 1. The minimum Gasteiger partial charge on any atom is -0.482 e. The average Bonchev–Trinajstić information content (AvgIpc) is 2.66. The first-order chi connectivity index (χ1) is 12.5. The Morgan fingerprint density at radius 2 is 1.69 bits per heavy atom. The molecular weight excluding hydrogens is 326 g/mol. The highest BCUT2D eigenvalue weighted by molar-refractivity contribution is 5.72. The van der Waals surface area contributed by atoms with E-state index >= 15 is 0 Å². The van der Waals surface area contributed by atoms with E-state index in [1.54, 1.807) is 0 Å². The van der Waals surface area contributed by atoms with Gasteiger partial charge in [0.15, 0.2) is 6.61 Å². The number of rotatable bonds is 5. The quantitative estimate of drug-likeness (QED) is 0.765. The van der Waals surface area contributed by atoms with Gasteiger partial charge in [-0.15, -0.1) is 0 Å². The Morgan fingerprint density at radius 1 is 1.08 bits per heavy atom. The zero-order chi connectivity index (χ0) is 18.6. The number of hydrogen-bond donors (Lipinski definition) is 0. The molecule has 3 atom stereocenters. The molecule has 1 aliphatic heterocycles. The van der Waals surface area contributed by atoms with Crippen molar-refractivity contribution in [3.63, 3.8) is 0 Å². The number of carbonyl (C=O) groups excluding carboxylic acids is 1. The molecule has 1 saturated heterocycles. The minimum absolute atomic E-state index is 0.0878. The van der Waals surface area contributed by atoms with Crippen molar-refractivity contribution in [2.75, 3.05) is 20.2 Å². The molecule has 4 nitrogen and oxygen atoms in total. The zero-order valence-corrected chi connectivity index (χ0v) is 15.7. The maximum Gasteiger partial charge on any atom is 0.345 e. The Balaban J connectivity index is 1.79. The molecule has 0 spiro atoms. The molecule has 0 aromatic heterocycles. The molecule has 0 aliphatic carbocycles.